The third-order valence-electron chi connectivity index (χ3n) is 4.60. The van der Waals surface area contributed by atoms with Gasteiger partial charge in [-0.3, -0.25) is 0 Å². The molecule has 0 saturated carbocycles. The highest BCUT2D eigenvalue weighted by Gasteiger charge is 2.34. The van der Waals surface area contributed by atoms with E-state index < -0.39 is 0 Å². The molecule has 1 aliphatic heterocycles. The second-order valence-corrected chi connectivity index (χ2v) is 6.24. The molecule has 1 atom stereocenters. The fourth-order valence-corrected chi connectivity index (χ4v) is 3.37. The van der Waals surface area contributed by atoms with Crippen molar-refractivity contribution in [3.63, 3.8) is 0 Å². The number of benzene rings is 2. The number of hydrogen-bond donors (Lipinski definition) is 0. The van der Waals surface area contributed by atoms with Crippen molar-refractivity contribution >= 4 is 17.1 Å². The quantitative estimate of drug-likeness (QED) is 0.556. The number of fused-ring (bicyclic) bond motifs is 2. The molecule has 0 radical (unpaired) electrons. The zero-order chi connectivity index (χ0) is 16.8. The zero-order valence-electron chi connectivity index (χ0n) is 13.7. The minimum Gasteiger partial charge on any atom is -0.423 e. The van der Waals surface area contributed by atoms with Gasteiger partial charge in [0.05, 0.1) is 0 Å². The maximum Gasteiger partial charge on any atom is 0.299 e. The molecule has 0 bridgehead atoms. The molecule has 4 aromatic rings. The van der Waals surface area contributed by atoms with E-state index in [4.69, 9.17) is 8.83 Å². The largest absolute Gasteiger partial charge is 0.423 e. The summed E-state index contributed by atoms with van der Waals surface area (Å²) in [7, 11) is 0. The molecule has 124 valence electrons. The predicted molar refractivity (Wildman–Crippen MR) is 92.1 cm³/mol. The van der Waals surface area contributed by atoms with E-state index in [2.05, 4.69) is 44.3 Å². The maximum absolute atomic E-state index is 6.01. The molecule has 25 heavy (non-hydrogen) atoms. The number of oxazole rings is 1. The lowest BCUT2D eigenvalue weighted by molar-refractivity contribution is 0.389. The van der Waals surface area contributed by atoms with Gasteiger partial charge in [-0.05, 0) is 23.3 Å². The lowest BCUT2D eigenvalue weighted by Crippen LogP contribution is -2.34. The van der Waals surface area contributed by atoms with Gasteiger partial charge in [0.2, 0.25) is 11.8 Å². The molecule has 1 aliphatic rings. The standard InChI is InChI=1S/C19H16N4O2/c1-12-21-22-18(24-12)16-10-13-6-2-3-7-14(13)11-23(16)19-20-15-8-4-5-9-17(15)25-19/h2-9,16H,10-11H2,1H3/t16-/m0/s1. The van der Waals surface area contributed by atoms with E-state index in [9.17, 15) is 0 Å². The van der Waals surface area contributed by atoms with Crippen molar-refractivity contribution in [3.8, 4) is 0 Å². The van der Waals surface area contributed by atoms with Gasteiger partial charge in [0.1, 0.15) is 11.6 Å². The van der Waals surface area contributed by atoms with E-state index in [0.29, 0.717) is 24.3 Å². The van der Waals surface area contributed by atoms with Crippen LogP contribution >= 0.6 is 0 Å². The smallest absolute Gasteiger partial charge is 0.299 e. The Morgan fingerprint density at radius 3 is 2.56 bits per heavy atom. The summed E-state index contributed by atoms with van der Waals surface area (Å²) >= 11 is 0. The minimum atomic E-state index is -0.0934. The van der Waals surface area contributed by atoms with Crippen LogP contribution in [0.5, 0.6) is 0 Å². The Morgan fingerprint density at radius 1 is 0.960 bits per heavy atom. The SMILES string of the molecule is Cc1nnc([C@@H]2Cc3ccccc3CN2c2nc3ccccc3o2)o1. The fourth-order valence-electron chi connectivity index (χ4n) is 3.37. The summed E-state index contributed by atoms with van der Waals surface area (Å²) in [6.45, 7) is 2.49. The summed E-state index contributed by atoms with van der Waals surface area (Å²) in [5.74, 6) is 1.15. The van der Waals surface area contributed by atoms with Gasteiger partial charge >= 0.3 is 0 Å². The Labute approximate surface area is 144 Å². The molecule has 6 heteroatoms. The van der Waals surface area contributed by atoms with E-state index in [1.807, 2.05) is 24.3 Å². The van der Waals surface area contributed by atoms with Gasteiger partial charge in [-0.25, -0.2) is 0 Å². The average molecular weight is 332 g/mol. The predicted octanol–water partition coefficient (Wildman–Crippen LogP) is 3.82. The number of anilines is 1. The molecular weight excluding hydrogens is 316 g/mol. The molecule has 0 N–H and O–H groups in total. The van der Waals surface area contributed by atoms with Gasteiger partial charge < -0.3 is 13.7 Å². The molecule has 0 saturated heterocycles. The highest BCUT2D eigenvalue weighted by atomic mass is 16.4. The molecular formula is C19H16N4O2. The van der Waals surface area contributed by atoms with Crippen LogP contribution in [-0.2, 0) is 13.0 Å². The molecule has 0 fully saturated rings. The van der Waals surface area contributed by atoms with Crippen LogP contribution in [0.25, 0.3) is 11.1 Å². The molecule has 5 rings (SSSR count). The molecule has 3 heterocycles. The summed E-state index contributed by atoms with van der Waals surface area (Å²) in [5, 5.41) is 8.24. The van der Waals surface area contributed by atoms with Crippen molar-refractivity contribution in [2.45, 2.75) is 25.9 Å². The highest BCUT2D eigenvalue weighted by Crippen LogP contribution is 2.37. The first kappa shape index (κ1) is 14.2. The first-order chi connectivity index (χ1) is 12.3. The fraction of sp³-hybridized carbons (Fsp3) is 0.211. The molecule has 2 aromatic carbocycles. The number of hydrogen-bond acceptors (Lipinski definition) is 6. The summed E-state index contributed by atoms with van der Waals surface area (Å²) in [4.78, 5) is 6.77. The van der Waals surface area contributed by atoms with E-state index in [0.717, 1.165) is 17.5 Å². The second-order valence-electron chi connectivity index (χ2n) is 6.24. The molecule has 0 aliphatic carbocycles. The van der Waals surface area contributed by atoms with E-state index in [-0.39, 0.29) is 6.04 Å². The summed E-state index contributed by atoms with van der Waals surface area (Å²) in [6, 6.07) is 16.7. The van der Waals surface area contributed by atoms with Gasteiger partial charge in [0, 0.05) is 19.9 Å². The van der Waals surface area contributed by atoms with Crippen molar-refractivity contribution in [1.82, 2.24) is 15.2 Å². The van der Waals surface area contributed by atoms with Crippen molar-refractivity contribution in [3.05, 3.63) is 71.4 Å². The molecule has 2 aromatic heterocycles. The number of aromatic nitrogens is 3. The zero-order valence-corrected chi connectivity index (χ0v) is 13.7. The third kappa shape index (κ3) is 2.38. The molecule has 0 amide bonds. The van der Waals surface area contributed by atoms with Gasteiger partial charge in [-0.1, -0.05) is 36.4 Å². The second kappa shape index (κ2) is 5.44. The maximum atomic E-state index is 6.01. The Hall–Kier alpha value is -3.15. The molecule has 6 nitrogen and oxygen atoms in total. The lowest BCUT2D eigenvalue weighted by Gasteiger charge is -2.33. The third-order valence-corrected chi connectivity index (χ3v) is 4.60. The normalized spacial score (nSPS) is 17.0. The van der Waals surface area contributed by atoms with Crippen molar-refractivity contribution < 1.29 is 8.83 Å². The van der Waals surface area contributed by atoms with Crippen LogP contribution in [0, 0.1) is 6.92 Å². The van der Waals surface area contributed by atoms with Gasteiger partial charge in [-0.15, -0.1) is 10.2 Å². The van der Waals surface area contributed by atoms with Crippen LogP contribution in [-0.4, -0.2) is 15.2 Å². The van der Waals surface area contributed by atoms with Gasteiger partial charge in [-0.2, -0.15) is 4.98 Å². The highest BCUT2D eigenvalue weighted by molar-refractivity contribution is 5.74. The summed E-state index contributed by atoms with van der Waals surface area (Å²) < 4.78 is 11.7. The van der Waals surface area contributed by atoms with Crippen LogP contribution in [0.2, 0.25) is 0 Å². The van der Waals surface area contributed by atoms with E-state index >= 15 is 0 Å². The Morgan fingerprint density at radius 2 is 1.76 bits per heavy atom. The number of nitrogens with zero attached hydrogens (tertiary/aromatic N) is 4. The van der Waals surface area contributed by atoms with E-state index in [1.54, 1.807) is 6.92 Å². The number of para-hydroxylation sites is 2. The molecule has 0 spiro atoms. The topological polar surface area (TPSA) is 68.2 Å². The van der Waals surface area contributed by atoms with Crippen LogP contribution in [0.3, 0.4) is 0 Å². The van der Waals surface area contributed by atoms with Crippen molar-refractivity contribution in [2.75, 3.05) is 4.90 Å². The van der Waals surface area contributed by atoms with Crippen LogP contribution < -0.4 is 4.90 Å². The Bertz CT molecular complexity index is 1020. The summed E-state index contributed by atoms with van der Waals surface area (Å²) in [6.07, 6.45) is 0.774. The Kier molecular flexibility index (Phi) is 3.09. The van der Waals surface area contributed by atoms with Crippen LogP contribution in [0.4, 0.5) is 6.01 Å². The molecule has 0 unspecified atom stereocenters. The number of rotatable bonds is 2. The lowest BCUT2D eigenvalue weighted by atomic mass is 9.94. The van der Waals surface area contributed by atoms with Gasteiger partial charge in [0.15, 0.2) is 5.58 Å². The van der Waals surface area contributed by atoms with Gasteiger partial charge in [0.25, 0.3) is 6.01 Å². The first-order valence-electron chi connectivity index (χ1n) is 8.27. The first-order valence-corrected chi connectivity index (χ1v) is 8.27. The number of aryl methyl sites for hydroxylation is 1. The monoisotopic (exact) mass is 332 g/mol. The Balaban J connectivity index is 1.63. The van der Waals surface area contributed by atoms with Crippen LogP contribution in [0.15, 0.2) is 57.4 Å². The van der Waals surface area contributed by atoms with E-state index in [1.165, 1.54) is 11.1 Å². The van der Waals surface area contributed by atoms with Crippen molar-refractivity contribution in [1.29, 1.82) is 0 Å². The average Bonchev–Trinajstić information content (AvgIpc) is 3.26. The van der Waals surface area contributed by atoms with Crippen molar-refractivity contribution in [2.24, 2.45) is 0 Å². The summed E-state index contributed by atoms with van der Waals surface area (Å²) in [5.41, 5.74) is 4.17. The minimum absolute atomic E-state index is 0.0934. The van der Waals surface area contributed by atoms with Crippen LogP contribution in [0.1, 0.15) is 29.0 Å².